The number of carbonyl (C=O) groups excluding carboxylic acids is 1. The van der Waals surface area contributed by atoms with Crippen molar-refractivity contribution in [2.45, 2.75) is 13.5 Å². The lowest BCUT2D eigenvalue weighted by Gasteiger charge is -2.14. The summed E-state index contributed by atoms with van der Waals surface area (Å²) in [6, 6.07) is 19.2. The molecule has 1 aliphatic rings. The van der Waals surface area contributed by atoms with E-state index in [0.29, 0.717) is 33.2 Å². The first kappa shape index (κ1) is 23.7. The van der Waals surface area contributed by atoms with Crippen LogP contribution in [0.5, 0.6) is 11.5 Å². The molecule has 1 fully saturated rings. The van der Waals surface area contributed by atoms with Crippen molar-refractivity contribution in [1.82, 2.24) is 5.32 Å². The van der Waals surface area contributed by atoms with Gasteiger partial charge in [0.25, 0.3) is 5.91 Å². The van der Waals surface area contributed by atoms with Gasteiger partial charge in [0.15, 0.2) is 16.7 Å². The molecular formula is C25H20ClIN2O3S. The van der Waals surface area contributed by atoms with Gasteiger partial charge in [-0.1, -0.05) is 41.4 Å². The normalized spacial score (nSPS) is 15.7. The molecule has 0 aromatic heterocycles. The number of carbonyl (C=O) groups is 1. The monoisotopic (exact) mass is 590 g/mol. The number of amides is 1. The summed E-state index contributed by atoms with van der Waals surface area (Å²) in [5.74, 6) is 1.09. The second kappa shape index (κ2) is 10.6. The van der Waals surface area contributed by atoms with Crippen LogP contribution in [0.1, 0.15) is 16.7 Å². The van der Waals surface area contributed by atoms with Crippen LogP contribution in [-0.4, -0.2) is 18.2 Å². The van der Waals surface area contributed by atoms with Gasteiger partial charge < -0.3 is 14.8 Å². The summed E-state index contributed by atoms with van der Waals surface area (Å²) in [6.45, 7) is 2.50. The molecule has 0 unspecified atom stereocenters. The molecule has 0 saturated carbocycles. The lowest BCUT2D eigenvalue weighted by atomic mass is 10.1. The quantitative estimate of drug-likeness (QED) is 0.255. The Labute approximate surface area is 215 Å². The molecule has 5 nitrogen and oxygen atoms in total. The molecule has 4 rings (SSSR count). The molecule has 1 aliphatic heterocycles. The molecule has 0 bridgehead atoms. The van der Waals surface area contributed by atoms with Gasteiger partial charge in [-0.05, 0) is 94.9 Å². The van der Waals surface area contributed by atoms with E-state index in [2.05, 4.69) is 52.0 Å². The summed E-state index contributed by atoms with van der Waals surface area (Å²) >= 11 is 9.43. The van der Waals surface area contributed by atoms with Crippen molar-refractivity contribution >= 4 is 68.8 Å². The second-order valence-electron chi connectivity index (χ2n) is 7.27. The Balaban J connectivity index is 1.52. The number of thioether (sulfide) groups is 1. The SMILES string of the molecule is COc1cc(/C=C2\SC(=Nc3ccc(Cl)cc3)NC2=O)cc(I)c1OCc1ccc(C)cc1. The van der Waals surface area contributed by atoms with Gasteiger partial charge in [0.1, 0.15) is 6.61 Å². The molecule has 1 heterocycles. The van der Waals surface area contributed by atoms with Gasteiger partial charge in [-0.15, -0.1) is 0 Å². The highest BCUT2D eigenvalue weighted by molar-refractivity contribution is 14.1. The van der Waals surface area contributed by atoms with Gasteiger partial charge in [0.2, 0.25) is 0 Å². The Bertz CT molecular complexity index is 1240. The number of halogens is 2. The summed E-state index contributed by atoms with van der Waals surface area (Å²) in [7, 11) is 1.61. The second-order valence-corrected chi connectivity index (χ2v) is 9.90. The van der Waals surface area contributed by atoms with E-state index in [1.54, 1.807) is 31.4 Å². The Kier molecular flexibility index (Phi) is 7.62. The van der Waals surface area contributed by atoms with Crippen molar-refractivity contribution in [3.05, 3.63) is 90.9 Å². The Hall–Kier alpha value is -2.49. The number of aliphatic imine (C=N–C) groups is 1. The average Bonchev–Trinajstić information content (AvgIpc) is 3.13. The summed E-state index contributed by atoms with van der Waals surface area (Å²) in [4.78, 5) is 17.5. The molecular weight excluding hydrogens is 571 g/mol. The summed E-state index contributed by atoms with van der Waals surface area (Å²) < 4.78 is 12.5. The van der Waals surface area contributed by atoms with Crippen LogP contribution in [-0.2, 0) is 11.4 Å². The molecule has 0 spiro atoms. The Morgan fingerprint density at radius 1 is 1.12 bits per heavy atom. The molecule has 1 amide bonds. The zero-order valence-electron chi connectivity index (χ0n) is 17.9. The van der Waals surface area contributed by atoms with Crippen LogP contribution in [0.2, 0.25) is 5.02 Å². The maximum Gasteiger partial charge on any atom is 0.264 e. The number of amidine groups is 1. The maximum atomic E-state index is 12.5. The van der Waals surface area contributed by atoms with E-state index in [1.165, 1.54) is 17.3 Å². The third-order valence-corrected chi connectivity index (χ3v) is 6.72. The molecule has 3 aromatic rings. The van der Waals surface area contributed by atoms with Crippen molar-refractivity contribution in [1.29, 1.82) is 0 Å². The number of benzene rings is 3. The van der Waals surface area contributed by atoms with Crippen LogP contribution in [0.3, 0.4) is 0 Å². The molecule has 1 saturated heterocycles. The van der Waals surface area contributed by atoms with E-state index in [4.69, 9.17) is 21.1 Å². The fourth-order valence-electron chi connectivity index (χ4n) is 3.07. The first-order valence-corrected chi connectivity index (χ1v) is 12.3. The predicted octanol–water partition coefficient (Wildman–Crippen LogP) is 6.73. The van der Waals surface area contributed by atoms with E-state index >= 15 is 0 Å². The van der Waals surface area contributed by atoms with E-state index in [-0.39, 0.29) is 5.91 Å². The minimum absolute atomic E-state index is 0.193. The standard InChI is InChI=1S/C25H20ClIN2O3S/c1-15-3-5-16(6-4-15)14-32-23-20(27)11-17(12-21(23)31-2)13-22-24(30)29-25(33-22)28-19-9-7-18(26)8-10-19/h3-13H,14H2,1-2H3,(H,28,29,30)/b22-13-. The van der Waals surface area contributed by atoms with Crippen LogP contribution in [0.15, 0.2) is 70.6 Å². The lowest BCUT2D eigenvalue weighted by Crippen LogP contribution is -2.19. The predicted molar refractivity (Wildman–Crippen MR) is 143 cm³/mol. The number of ether oxygens (including phenoxy) is 2. The summed E-state index contributed by atoms with van der Waals surface area (Å²) in [5, 5.41) is 3.96. The van der Waals surface area contributed by atoms with Crippen LogP contribution >= 0.6 is 46.0 Å². The highest BCUT2D eigenvalue weighted by atomic mass is 127. The molecule has 0 radical (unpaired) electrons. The minimum atomic E-state index is -0.193. The van der Waals surface area contributed by atoms with Crippen LogP contribution in [0.25, 0.3) is 6.08 Å². The zero-order valence-corrected chi connectivity index (χ0v) is 21.6. The fourth-order valence-corrected chi connectivity index (χ4v) is 4.82. The third-order valence-electron chi connectivity index (χ3n) is 4.76. The fraction of sp³-hybridized carbons (Fsp3) is 0.120. The van der Waals surface area contributed by atoms with E-state index in [9.17, 15) is 4.79 Å². The number of aryl methyl sites for hydroxylation is 1. The van der Waals surface area contributed by atoms with Crippen molar-refractivity contribution in [2.24, 2.45) is 4.99 Å². The first-order valence-electron chi connectivity index (χ1n) is 10.0. The smallest absolute Gasteiger partial charge is 0.264 e. The number of hydrogen-bond acceptors (Lipinski definition) is 5. The van der Waals surface area contributed by atoms with Gasteiger partial charge in [0, 0.05) is 5.02 Å². The lowest BCUT2D eigenvalue weighted by molar-refractivity contribution is -0.115. The molecule has 0 atom stereocenters. The molecule has 33 heavy (non-hydrogen) atoms. The van der Waals surface area contributed by atoms with Crippen molar-refractivity contribution in [2.75, 3.05) is 7.11 Å². The molecule has 0 aliphatic carbocycles. The van der Waals surface area contributed by atoms with Crippen LogP contribution < -0.4 is 14.8 Å². The van der Waals surface area contributed by atoms with Gasteiger partial charge in [0.05, 0.1) is 21.3 Å². The third kappa shape index (κ3) is 6.10. The average molecular weight is 591 g/mol. The van der Waals surface area contributed by atoms with Crippen molar-refractivity contribution < 1.29 is 14.3 Å². The Morgan fingerprint density at radius 3 is 2.55 bits per heavy atom. The molecule has 168 valence electrons. The van der Waals surface area contributed by atoms with Crippen molar-refractivity contribution in [3.63, 3.8) is 0 Å². The largest absolute Gasteiger partial charge is 0.493 e. The minimum Gasteiger partial charge on any atom is -0.493 e. The number of nitrogens with zero attached hydrogens (tertiary/aromatic N) is 1. The topological polar surface area (TPSA) is 59.9 Å². The molecule has 1 N–H and O–H groups in total. The number of hydrogen-bond donors (Lipinski definition) is 1. The van der Waals surface area contributed by atoms with Crippen molar-refractivity contribution in [3.8, 4) is 11.5 Å². The Morgan fingerprint density at radius 2 is 1.85 bits per heavy atom. The first-order chi connectivity index (χ1) is 15.9. The highest BCUT2D eigenvalue weighted by Gasteiger charge is 2.24. The molecule has 8 heteroatoms. The van der Waals surface area contributed by atoms with Crippen LogP contribution in [0, 0.1) is 10.5 Å². The number of nitrogens with one attached hydrogen (secondary N) is 1. The van der Waals surface area contributed by atoms with Crippen LogP contribution in [0.4, 0.5) is 5.69 Å². The van der Waals surface area contributed by atoms with E-state index in [0.717, 1.165) is 20.4 Å². The summed E-state index contributed by atoms with van der Waals surface area (Å²) in [6.07, 6.45) is 1.82. The number of rotatable bonds is 6. The summed E-state index contributed by atoms with van der Waals surface area (Å²) in [5.41, 5.74) is 3.84. The maximum absolute atomic E-state index is 12.5. The highest BCUT2D eigenvalue weighted by Crippen LogP contribution is 2.36. The number of methoxy groups -OCH3 is 1. The van der Waals surface area contributed by atoms with E-state index in [1.807, 2.05) is 30.3 Å². The van der Waals surface area contributed by atoms with Gasteiger partial charge in [-0.2, -0.15) is 0 Å². The van der Waals surface area contributed by atoms with Gasteiger partial charge in [-0.25, -0.2) is 4.99 Å². The molecule has 3 aromatic carbocycles. The van der Waals surface area contributed by atoms with E-state index < -0.39 is 0 Å². The van der Waals surface area contributed by atoms with Gasteiger partial charge >= 0.3 is 0 Å². The zero-order chi connectivity index (χ0) is 23.4. The van der Waals surface area contributed by atoms with Gasteiger partial charge in [-0.3, -0.25) is 4.79 Å².